The molecule has 0 aliphatic heterocycles. The predicted octanol–water partition coefficient (Wildman–Crippen LogP) is 4.14. The average molecular weight is 314 g/mol. The standard InChI is InChI=1S/C14H16ClNO3S/c1-5-18-10-9-11(7(3)8(4)16-13(9)15)20-12(10)14(17)19-6-2/h5-6H2,1-4H3. The van der Waals surface area contributed by atoms with Gasteiger partial charge in [-0.2, -0.15) is 0 Å². The molecule has 0 aromatic carbocycles. The second kappa shape index (κ2) is 5.97. The van der Waals surface area contributed by atoms with Gasteiger partial charge in [0, 0.05) is 10.4 Å². The summed E-state index contributed by atoms with van der Waals surface area (Å²) in [4.78, 5) is 16.8. The van der Waals surface area contributed by atoms with Crippen LogP contribution in [-0.2, 0) is 4.74 Å². The van der Waals surface area contributed by atoms with Crippen molar-refractivity contribution in [3.05, 3.63) is 21.3 Å². The van der Waals surface area contributed by atoms with Crippen molar-refractivity contribution in [1.29, 1.82) is 0 Å². The van der Waals surface area contributed by atoms with Gasteiger partial charge in [-0.3, -0.25) is 0 Å². The van der Waals surface area contributed by atoms with Gasteiger partial charge in [0.2, 0.25) is 0 Å². The number of carbonyl (C=O) groups is 1. The molecule has 2 aromatic heterocycles. The topological polar surface area (TPSA) is 48.4 Å². The molecule has 0 unspecified atom stereocenters. The lowest BCUT2D eigenvalue weighted by molar-refractivity contribution is 0.0528. The lowest BCUT2D eigenvalue weighted by Crippen LogP contribution is -2.05. The zero-order chi connectivity index (χ0) is 14.9. The van der Waals surface area contributed by atoms with Crippen LogP contribution in [0.15, 0.2) is 0 Å². The van der Waals surface area contributed by atoms with E-state index >= 15 is 0 Å². The van der Waals surface area contributed by atoms with Crippen LogP contribution in [0.25, 0.3) is 10.1 Å². The highest BCUT2D eigenvalue weighted by Crippen LogP contribution is 2.43. The summed E-state index contributed by atoms with van der Waals surface area (Å²) in [7, 11) is 0. The van der Waals surface area contributed by atoms with Crippen molar-refractivity contribution in [1.82, 2.24) is 4.98 Å². The molecule has 0 aliphatic carbocycles. The van der Waals surface area contributed by atoms with Gasteiger partial charge >= 0.3 is 5.97 Å². The van der Waals surface area contributed by atoms with Gasteiger partial charge in [-0.25, -0.2) is 9.78 Å². The van der Waals surface area contributed by atoms with Crippen LogP contribution < -0.4 is 4.74 Å². The van der Waals surface area contributed by atoms with Crippen molar-refractivity contribution in [2.75, 3.05) is 13.2 Å². The second-order valence-electron chi connectivity index (χ2n) is 4.23. The maximum atomic E-state index is 12.1. The summed E-state index contributed by atoms with van der Waals surface area (Å²) in [6, 6.07) is 0. The zero-order valence-electron chi connectivity index (χ0n) is 11.9. The molecule has 0 saturated heterocycles. The first-order valence-electron chi connectivity index (χ1n) is 6.40. The molecule has 2 heterocycles. The van der Waals surface area contributed by atoms with Gasteiger partial charge in [0.1, 0.15) is 5.15 Å². The van der Waals surface area contributed by atoms with E-state index in [1.165, 1.54) is 11.3 Å². The molecule has 0 radical (unpaired) electrons. The molecule has 0 fully saturated rings. The van der Waals surface area contributed by atoms with E-state index in [-0.39, 0.29) is 5.97 Å². The minimum atomic E-state index is -0.384. The van der Waals surface area contributed by atoms with Crippen molar-refractivity contribution >= 4 is 39.0 Å². The van der Waals surface area contributed by atoms with Gasteiger partial charge in [-0.05, 0) is 33.3 Å². The third-order valence-corrected chi connectivity index (χ3v) is 4.51. The number of hydrogen-bond donors (Lipinski definition) is 0. The van der Waals surface area contributed by atoms with Gasteiger partial charge in [0.15, 0.2) is 10.6 Å². The van der Waals surface area contributed by atoms with Crippen LogP contribution in [0, 0.1) is 13.8 Å². The highest BCUT2D eigenvalue weighted by molar-refractivity contribution is 7.21. The fourth-order valence-electron chi connectivity index (χ4n) is 1.93. The first kappa shape index (κ1) is 15.1. The third-order valence-electron chi connectivity index (χ3n) is 2.97. The molecule has 0 bridgehead atoms. The van der Waals surface area contributed by atoms with Crippen molar-refractivity contribution in [2.24, 2.45) is 0 Å². The summed E-state index contributed by atoms with van der Waals surface area (Å²) in [5.41, 5.74) is 1.85. The smallest absolute Gasteiger partial charge is 0.352 e. The molecule has 20 heavy (non-hydrogen) atoms. The highest BCUT2D eigenvalue weighted by Gasteiger charge is 2.24. The molecule has 0 spiro atoms. The number of halogens is 1. The van der Waals surface area contributed by atoms with E-state index in [2.05, 4.69) is 4.98 Å². The molecule has 4 nitrogen and oxygen atoms in total. The Hall–Kier alpha value is -1.33. The summed E-state index contributed by atoms with van der Waals surface area (Å²) in [5, 5.41) is 1.06. The molecule has 0 saturated carbocycles. The predicted molar refractivity (Wildman–Crippen MR) is 81.2 cm³/mol. The quantitative estimate of drug-likeness (QED) is 0.628. The molecule has 2 aromatic rings. The van der Waals surface area contributed by atoms with Crippen LogP contribution in [0.2, 0.25) is 5.15 Å². The Morgan fingerprint density at radius 2 is 2.00 bits per heavy atom. The lowest BCUT2D eigenvalue weighted by atomic mass is 10.2. The number of pyridine rings is 1. The van der Waals surface area contributed by atoms with Crippen molar-refractivity contribution in [3.8, 4) is 5.75 Å². The van der Waals surface area contributed by atoms with E-state index < -0.39 is 0 Å². The van der Waals surface area contributed by atoms with Crippen LogP contribution >= 0.6 is 22.9 Å². The van der Waals surface area contributed by atoms with Crippen molar-refractivity contribution < 1.29 is 14.3 Å². The van der Waals surface area contributed by atoms with E-state index in [1.54, 1.807) is 6.92 Å². The van der Waals surface area contributed by atoms with Crippen LogP contribution in [0.5, 0.6) is 5.75 Å². The fraction of sp³-hybridized carbons (Fsp3) is 0.429. The maximum Gasteiger partial charge on any atom is 0.352 e. The summed E-state index contributed by atoms with van der Waals surface area (Å²) in [6.45, 7) is 8.26. The Balaban J connectivity index is 2.75. The molecule has 0 atom stereocenters. The van der Waals surface area contributed by atoms with E-state index in [9.17, 15) is 4.79 Å². The fourth-order valence-corrected chi connectivity index (χ4v) is 3.49. The number of fused-ring (bicyclic) bond motifs is 1. The summed E-state index contributed by atoms with van der Waals surface area (Å²) in [5.74, 6) is 0.0943. The molecule has 0 amide bonds. The molecule has 2 rings (SSSR count). The van der Waals surface area contributed by atoms with E-state index in [1.807, 2.05) is 20.8 Å². The van der Waals surface area contributed by atoms with Crippen LogP contribution in [0.1, 0.15) is 34.8 Å². The molecule has 0 N–H and O–H groups in total. The Kier molecular flexibility index (Phi) is 4.50. The van der Waals surface area contributed by atoms with Gasteiger partial charge in [-0.15, -0.1) is 11.3 Å². The van der Waals surface area contributed by atoms with Gasteiger partial charge in [0.05, 0.1) is 18.6 Å². The number of carbonyl (C=O) groups excluding carboxylic acids is 1. The Labute approximate surface area is 126 Å². The largest absolute Gasteiger partial charge is 0.491 e. The van der Waals surface area contributed by atoms with Gasteiger partial charge in [-0.1, -0.05) is 11.6 Å². The summed E-state index contributed by atoms with van der Waals surface area (Å²) < 4.78 is 11.6. The Bertz CT molecular complexity index is 666. The number of aryl methyl sites for hydroxylation is 2. The molecule has 6 heteroatoms. The second-order valence-corrected chi connectivity index (χ2v) is 5.61. The number of hydrogen-bond acceptors (Lipinski definition) is 5. The van der Waals surface area contributed by atoms with Gasteiger partial charge in [0.25, 0.3) is 0 Å². The number of ether oxygens (including phenoxy) is 2. The van der Waals surface area contributed by atoms with E-state index in [4.69, 9.17) is 21.1 Å². The van der Waals surface area contributed by atoms with Crippen LogP contribution in [-0.4, -0.2) is 24.2 Å². The molecule has 108 valence electrons. The van der Waals surface area contributed by atoms with Crippen molar-refractivity contribution in [2.45, 2.75) is 27.7 Å². The SMILES string of the molecule is CCOC(=O)c1sc2c(C)c(C)nc(Cl)c2c1OCC. The van der Waals surface area contributed by atoms with Gasteiger partial charge < -0.3 is 9.47 Å². The Morgan fingerprint density at radius 3 is 2.60 bits per heavy atom. The first-order chi connectivity index (χ1) is 9.51. The molecular weight excluding hydrogens is 298 g/mol. The van der Waals surface area contributed by atoms with Crippen molar-refractivity contribution in [3.63, 3.8) is 0 Å². The monoisotopic (exact) mass is 313 g/mol. The highest BCUT2D eigenvalue weighted by atomic mass is 35.5. The van der Waals surface area contributed by atoms with Crippen LogP contribution in [0.3, 0.4) is 0 Å². The number of thiophene rings is 1. The first-order valence-corrected chi connectivity index (χ1v) is 7.59. The van der Waals surface area contributed by atoms with Crippen LogP contribution in [0.4, 0.5) is 0 Å². The maximum absolute atomic E-state index is 12.1. The van der Waals surface area contributed by atoms with E-state index in [0.29, 0.717) is 34.4 Å². The minimum absolute atomic E-state index is 0.322. The summed E-state index contributed by atoms with van der Waals surface area (Å²) in [6.07, 6.45) is 0. The number of rotatable bonds is 4. The molecule has 0 aliphatic rings. The van der Waals surface area contributed by atoms with E-state index in [0.717, 1.165) is 16.0 Å². The summed E-state index contributed by atoms with van der Waals surface area (Å²) >= 11 is 7.58. The normalized spacial score (nSPS) is 10.8. The molecular formula is C14H16ClNO3S. The zero-order valence-corrected chi connectivity index (χ0v) is 13.4. The average Bonchev–Trinajstić information content (AvgIpc) is 2.77. The lowest BCUT2D eigenvalue weighted by Gasteiger charge is -2.07. The number of esters is 1. The minimum Gasteiger partial charge on any atom is -0.491 e. The number of aromatic nitrogens is 1. The Morgan fingerprint density at radius 1 is 1.30 bits per heavy atom. The third kappa shape index (κ3) is 2.47. The number of nitrogens with zero attached hydrogens (tertiary/aromatic N) is 1.